The second-order valence-corrected chi connectivity index (χ2v) is 8.08. The summed E-state index contributed by atoms with van der Waals surface area (Å²) in [7, 11) is 0. The van der Waals surface area contributed by atoms with E-state index in [4.69, 9.17) is 27.9 Å². The number of carbonyl (C=O) groups is 1. The number of nitrogens with one attached hydrogen (secondary N) is 1. The number of aromatic nitrogens is 3. The third kappa shape index (κ3) is 4.99. The molecule has 3 aromatic rings. The number of benzene rings is 2. The molecule has 6 nitrogen and oxygen atoms in total. The quantitative estimate of drug-likeness (QED) is 0.523. The first-order valence-corrected chi connectivity index (χ1v) is 10.9. The van der Waals surface area contributed by atoms with Crippen LogP contribution in [0, 0.1) is 5.82 Å². The van der Waals surface area contributed by atoms with E-state index in [-0.39, 0.29) is 29.6 Å². The molecule has 31 heavy (non-hydrogen) atoms. The Morgan fingerprint density at radius 3 is 2.90 bits per heavy atom. The SMILES string of the molecule is O=C(CCOc1cccc(Cl)c1Cl)Nc1cc(-c2nnc3n2CCCCC3)ccc1F. The second-order valence-electron chi connectivity index (χ2n) is 7.30. The predicted molar refractivity (Wildman–Crippen MR) is 118 cm³/mol. The number of halogens is 3. The van der Waals surface area contributed by atoms with Crippen LogP contribution >= 0.6 is 23.2 Å². The Morgan fingerprint density at radius 1 is 1.16 bits per heavy atom. The van der Waals surface area contributed by atoms with Crippen LogP contribution in [0.3, 0.4) is 0 Å². The maximum atomic E-state index is 14.3. The van der Waals surface area contributed by atoms with E-state index in [0.29, 0.717) is 22.2 Å². The largest absolute Gasteiger partial charge is 0.491 e. The van der Waals surface area contributed by atoms with Crippen LogP contribution in [-0.4, -0.2) is 27.3 Å². The van der Waals surface area contributed by atoms with Gasteiger partial charge in [0.25, 0.3) is 0 Å². The summed E-state index contributed by atoms with van der Waals surface area (Å²) in [6.07, 6.45) is 4.20. The van der Waals surface area contributed by atoms with Crippen molar-refractivity contribution in [1.82, 2.24) is 14.8 Å². The smallest absolute Gasteiger partial charge is 0.227 e. The number of amides is 1. The summed E-state index contributed by atoms with van der Waals surface area (Å²) in [5.74, 6) is 1.12. The lowest BCUT2D eigenvalue weighted by Gasteiger charge is -2.11. The van der Waals surface area contributed by atoms with Gasteiger partial charge in [-0.15, -0.1) is 10.2 Å². The summed E-state index contributed by atoms with van der Waals surface area (Å²) in [4.78, 5) is 12.3. The highest BCUT2D eigenvalue weighted by atomic mass is 35.5. The fourth-order valence-electron chi connectivity index (χ4n) is 3.52. The topological polar surface area (TPSA) is 69.0 Å². The first-order valence-electron chi connectivity index (χ1n) is 10.1. The number of carbonyl (C=O) groups excluding carboxylic acids is 1. The predicted octanol–water partition coefficient (Wildman–Crippen LogP) is 5.53. The van der Waals surface area contributed by atoms with Crippen molar-refractivity contribution in [3.05, 3.63) is 58.1 Å². The molecule has 1 amide bonds. The molecular weight excluding hydrogens is 442 g/mol. The number of hydrogen-bond acceptors (Lipinski definition) is 4. The monoisotopic (exact) mass is 462 g/mol. The highest BCUT2D eigenvalue weighted by Crippen LogP contribution is 2.31. The summed E-state index contributed by atoms with van der Waals surface area (Å²) in [5, 5.41) is 11.8. The van der Waals surface area contributed by atoms with E-state index in [1.54, 1.807) is 30.3 Å². The highest BCUT2D eigenvalue weighted by Gasteiger charge is 2.18. The Hall–Kier alpha value is -2.64. The van der Waals surface area contributed by atoms with Crippen molar-refractivity contribution in [2.24, 2.45) is 0 Å². The molecule has 1 N–H and O–H groups in total. The number of fused-ring (bicyclic) bond motifs is 1. The fourth-order valence-corrected chi connectivity index (χ4v) is 3.87. The van der Waals surface area contributed by atoms with E-state index in [1.807, 2.05) is 0 Å². The van der Waals surface area contributed by atoms with Crippen molar-refractivity contribution in [3.8, 4) is 17.1 Å². The van der Waals surface area contributed by atoms with Gasteiger partial charge < -0.3 is 14.6 Å². The van der Waals surface area contributed by atoms with E-state index in [0.717, 1.165) is 38.1 Å². The highest BCUT2D eigenvalue weighted by molar-refractivity contribution is 6.42. The second kappa shape index (κ2) is 9.66. The van der Waals surface area contributed by atoms with E-state index in [1.165, 1.54) is 6.07 Å². The molecule has 162 valence electrons. The molecule has 1 aliphatic rings. The van der Waals surface area contributed by atoms with Gasteiger partial charge in [0.2, 0.25) is 5.91 Å². The van der Waals surface area contributed by atoms with Crippen LogP contribution < -0.4 is 10.1 Å². The number of rotatable bonds is 6. The molecule has 0 radical (unpaired) electrons. The van der Waals surface area contributed by atoms with E-state index < -0.39 is 5.82 Å². The van der Waals surface area contributed by atoms with Crippen LogP contribution in [0.1, 0.15) is 31.5 Å². The molecule has 0 saturated heterocycles. The van der Waals surface area contributed by atoms with Crippen LogP contribution in [0.25, 0.3) is 11.4 Å². The molecule has 0 saturated carbocycles. The van der Waals surface area contributed by atoms with Crippen molar-refractivity contribution in [1.29, 1.82) is 0 Å². The molecule has 4 rings (SSSR count). The van der Waals surface area contributed by atoms with E-state index >= 15 is 0 Å². The lowest BCUT2D eigenvalue weighted by molar-refractivity contribution is -0.116. The number of hydrogen-bond donors (Lipinski definition) is 1. The van der Waals surface area contributed by atoms with Gasteiger partial charge in [-0.3, -0.25) is 4.79 Å². The molecule has 1 aliphatic heterocycles. The summed E-state index contributed by atoms with van der Waals surface area (Å²) in [6.45, 7) is 0.908. The zero-order valence-corrected chi connectivity index (χ0v) is 18.2. The minimum atomic E-state index is -0.522. The summed E-state index contributed by atoms with van der Waals surface area (Å²) < 4.78 is 21.9. The Balaban J connectivity index is 1.42. The van der Waals surface area contributed by atoms with Crippen LogP contribution in [-0.2, 0) is 17.8 Å². The first-order chi connectivity index (χ1) is 15.0. The van der Waals surface area contributed by atoms with Gasteiger partial charge in [0, 0.05) is 18.5 Å². The van der Waals surface area contributed by atoms with Crippen molar-refractivity contribution in [3.63, 3.8) is 0 Å². The zero-order valence-electron chi connectivity index (χ0n) is 16.7. The maximum absolute atomic E-state index is 14.3. The number of anilines is 1. The van der Waals surface area contributed by atoms with E-state index in [9.17, 15) is 9.18 Å². The molecule has 0 bridgehead atoms. The van der Waals surface area contributed by atoms with Gasteiger partial charge in [-0.05, 0) is 43.2 Å². The van der Waals surface area contributed by atoms with Gasteiger partial charge in [0.15, 0.2) is 5.82 Å². The molecule has 0 aliphatic carbocycles. The van der Waals surface area contributed by atoms with Gasteiger partial charge in [-0.2, -0.15) is 0 Å². The first kappa shape index (κ1) is 21.6. The van der Waals surface area contributed by atoms with Crippen molar-refractivity contribution >= 4 is 34.8 Å². The molecular formula is C22H21Cl2FN4O2. The van der Waals surface area contributed by atoms with E-state index in [2.05, 4.69) is 20.1 Å². The fraction of sp³-hybridized carbons (Fsp3) is 0.318. The Bertz CT molecular complexity index is 1100. The average Bonchev–Trinajstić information content (AvgIpc) is 3.01. The number of aryl methyl sites for hydroxylation is 1. The van der Waals surface area contributed by atoms with Crippen molar-refractivity contribution in [2.75, 3.05) is 11.9 Å². The lowest BCUT2D eigenvalue weighted by atomic mass is 10.1. The van der Waals surface area contributed by atoms with Crippen molar-refractivity contribution in [2.45, 2.75) is 38.6 Å². The van der Waals surface area contributed by atoms with Gasteiger partial charge in [-0.25, -0.2) is 4.39 Å². The Kier molecular flexibility index (Phi) is 6.73. The third-order valence-electron chi connectivity index (χ3n) is 5.11. The molecule has 0 spiro atoms. The third-order valence-corrected chi connectivity index (χ3v) is 5.91. The van der Waals surface area contributed by atoms with Gasteiger partial charge in [0.1, 0.15) is 22.4 Å². The van der Waals surface area contributed by atoms with Crippen LogP contribution in [0.2, 0.25) is 10.0 Å². The molecule has 0 fully saturated rings. The van der Waals surface area contributed by atoms with Crippen molar-refractivity contribution < 1.29 is 13.9 Å². The standard InChI is InChI=1S/C22H21Cl2FN4O2/c23-15-5-4-6-18(21(15)24)31-12-10-20(30)26-17-13-14(8-9-16(17)25)22-28-27-19-7-2-1-3-11-29(19)22/h4-6,8-9,13H,1-3,7,10-12H2,(H,26,30). The summed E-state index contributed by atoms with van der Waals surface area (Å²) >= 11 is 12.0. The van der Waals surface area contributed by atoms with Crippen LogP contribution in [0.5, 0.6) is 5.75 Å². The number of nitrogens with zero attached hydrogens (tertiary/aromatic N) is 3. The van der Waals surface area contributed by atoms with Gasteiger partial charge in [0.05, 0.1) is 23.7 Å². The average molecular weight is 463 g/mol. The minimum Gasteiger partial charge on any atom is -0.491 e. The molecule has 0 atom stereocenters. The lowest BCUT2D eigenvalue weighted by Crippen LogP contribution is -2.16. The summed E-state index contributed by atoms with van der Waals surface area (Å²) in [6, 6.07) is 9.58. The molecule has 2 aromatic carbocycles. The molecule has 9 heteroatoms. The molecule has 1 aromatic heterocycles. The Labute approximate surface area is 189 Å². The normalized spacial score (nSPS) is 13.4. The van der Waals surface area contributed by atoms with Gasteiger partial charge >= 0.3 is 0 Å². The minimum absolute atomic E-state index is 0.0207. The number of ether oxygens (including phenoxy) is 1. The molecule has 0 unspecified atom stereocenters. The van der Waals surface area contributed by atoms with Crippen LogP contribution in [0.4, 0.5) is 10.1 Å². The van der Waals surface area contributed by atoms with Crippen LogP contribution in [0.15, 0.2) is 36.4 Å². The summed E-state index contributed by atoms with van der Waals surface area (Å²) in [5.41, 5.74) is 0.800. The molecule has 2 heterocycles. The zero-order chi connectivity index (χ0) is 21.8. The maximum Gasteiger partial charge on any atom is 0.227 e. The van der Waals surface area contributed by atoms with Gasteiger partial charge in [-0.1, -0.05) is 35.7 Å². The Morgan fingerprint density at radius 2 is 2.03 bits per heavy atom.